The number of ether oxygens (including phenoxy) is 3. The number of rotatable bonds is 8. The summed E-state index contributed by atoms with van der Waals surface area (Å²) in [6, 6.07) is 26.7. The maximum Gasteiger partial charge on any atom is 0.338 e. The smallest absolute Gasteiger partial charge is 0.338 e. The van der Waals surface area contributed by atoms with Gasteiger partial charge >= 0.3 is 5.97 Å². The molecule has 9 heteroatoms. The third-order valence-corrected chi connectivity index (χ3v) is 6.44. The first-order valence-corrected chi connectivity index (χ1v) is 12.6. The Labute approximate surface area is 235 Å². The molecule has 0 saturated heterocycles. The van der Waals surface area contributed by atoms with Crippen molar-refractivity contribution in [3.8, 4) is 34.0 Å². The van der Waals surface area contributed by atoms with E-state index in [2.05, 4.69) is 5.32 Å². The van der Waals surface area contributed by atoms with Gasteiger partial charge in [0.1, 0.15) is 11.5 Å². The van der Waals surface area contributed by atoms with Crippen LogP contribution in [-0.4, -0.2) is 42.7 Å². The number of para-hydroxylation sites is 1. The molecule has 0 unspecified atom stereocenters. The third kappa shape index (κ3) is 5.87. The van der Waals surface area contributed by atoms with Crippen LogP contribution in [0, 0.1) is 0 Å². The average Bonchev–Trinajstić information content (AvgIpc) is 3.00. The van der Waals surface area contributed by atoms with Crippen LogP contribution in [0.25, 0.3) is 33.5 Å². The number of fused-ring (bicyclic) bond motifs is 1. The van der Waals surface area contributed by atoms with E-state index in [1.54, 1.807) is 56.7 Å². The van der Waals surface area contributed by atoms with Gasteiger partial charge in [0.2, 0.25) is 0 Å². The number of benzene rings is 4. The Morgan fingerprint density at radius 3 is 1.90 bits per heavy atom. The van der Waals surface area contributed by atoms with Crippen molar-refractivity contribution in [1.29, 1.82) is 0 Å². The van der Waals surface area contributed by atoms with E-state index in [0.29, 0.717) is 38.9 Å². The number of nitrogens with zero attached hydrogens (tertiary/aromatic N) is 2. The van der Waals surface area contributed by atoms with E-state index in [9.17, 15) is 9.59 Å². The van der Waals surface area contributed by atoms with Gasteiger partial charge in [-0.3, -0.25) is 4.79 Å². The number of carbonyl (C=O) groups excluding carboxylic acids is 2. The highest BCUT2D eigenvalue weighted by Gasteiger charge is 2.17. The third-order valence-electron chi connectivity index (χ3n) is 6.11. The molecule has 5 rings (SSSR count). The molecule has 1 heterocycles. The van der Waals surface area contributed by atoms with Crippen molar-refractivity contribution < 1.29 is 23.8 Å². The van der Waals surface area contributed by atoms with Gasteiger partial charge in [-0.05, 0) is 78.9 Å². The van der Waals surface area contributed by atoms with Crippen LogP contribution < -0.4 is 14.8 Å². The lowest BCUT2D eigenvalue weighted by molar-refractivity contribution is -0.119. The number of hydrogen-bond donors (Lipinski definition) is 1. The number of esters is 1. The summed E-state index contributed by atoms with van der Waals surface area (Å²) in [6.45, 7) is -0.471. The molecule has 1 N–H and O–H groups in total. The van der Waals surface area contributed by atoms with Crippen molar-refractivity contribution in [2.75, 3.05) is 26.1 Å². The van der Waals surface area contributed by atoms with Gasteiger partial charge in [0, 0.05) is 11.1 Å². The number of hydrogen-bond acceptors (Lipinski definition) is 7. The van der Waals surface area contributed by atoms with E-state index in [1.165, 1.54) is 0 Å². The van der Waals surface area contributed by atoms with Crippen LogP contribution in [0.2, 0.25) is 5.02 Å². The van der Waals surface area contributed by atoms with E-state index < -0.39 is 18.5 Å². The zero-order valence-corrected chi connectivity index (χ0v) is 22.4. The van der Waals surface area contributed by atoms with Crippen LogP contribution >= 0.6 is 11.6 Å². The van der Waals surface area contributed by atoms with E-state index in [-0.39, 0.29) is 5.56 Å². The minimum Gasteiger partial charge on any atom is -0.497 e. The molecule has 8 nitrogen and oxygen atoms in total. The largest absolute Gasteiger partial charge is 0.497 e. The molecule has 0 radical (unpaired) electrons. The maximum absolute atomic E-state index is 12.8. The second-order valence-electron chi connectivity index (χ2n) is 8.69. The van der Waals surface area contributed by atoms with Crippen LogP contribution in [0.5, 0.6) is 11.5 Å². The standard InChI is InChI=1S/C31H24ClN3O5/c1-38-22-12-7-19(8-13-22)29-30(20-9-14-23(39-2)15-10-20)35-27-17-21(11-16-26(27)34-29)31(37)40-18-28(36)33-25-6-4-3-5-24(25)32/h3-17H,18H2,1-2H3,(H,33,36). The number of anilines is 1. The number of halogens is 1. The zero-order chi connectivity index (χ0) is 28.1. The minimum absolute atomic E-state index is 0.241. The Bertz CT molecular complexity index is 1690. The lowest BCUT2D eigenvalue weighted by atomic mass is 10.0. The van der Waals surface area contributed by atoms with Crippen molar-refractivity contribution in [2.45, 2.75) is 0 Å². The highest BCUT2D eigenvalue weighted by molar-refractivity contribution is 6.33. The molecule has 0 aliphatic heterocycles. The predicted octanol–water partition coefficient (Wildman–Crippen LogP) is 6.43. The van der Waals surface area contributed by atoms with Gasteiger partial charge in [-0.15, -0.1) is 0 Å². The van der Waals surface area contributed by atoms with Gasteiger partial charge in [0.05, 0.1) is 52.9 Å². The van der Waals surface area contributed by atoms with Crippen molar-refractivity contribution in [3.63, 3.8) is 0 Å². The Balaban J connectivity index is 1.44. The van der Waals surface area contributed by atoms with Crippen molar-refractivity contribution in [3.05, 3.63) is 102 Å². The van der Waals surface area contributed by atoms with Crippen LogP contribution in [-0.2, 0) is 9.53 Å². The summed E-state index contributed by atoms with van der Waals surface area (Å²) >= 11 is 6.07. The molecule has 200 valence electrons. The van der Waals surface area contributed by atoms with E-state index in [1.807, 2.05) is 48.5 Å². The fourth-order valence-corrected chi connectivity index (χ4v) is 4.23. The molecule has 4 aromatic carbocycles. The Morgan fingerprint density at radius 1 is 0.750 bits per heavy atom. The number of carbonyl (C=O) groups is 2. The van der Waals surface area contributed by atoms with Crippen molar-refractivity contribution >= 4 is 40.2 Å². The second kappa shape index (κ2) is 11.8. The molecule has 1 amide bonds. The molecule has 40 heavy (non-hydrogen) atoms. The molecule has 0 aliphatic rings. The Morgan fingerprint density at radius 2 is 1.32 bits per heavy atom. The number of aromatic nitrogens is 2. The lowest BCUT2D eigenvalue weighted by Gasteiger charge is -2.12. The van der Waals surface area contributed by atoms with Crippen LogP contribution in [0.3, 0.4) is 0 Å². The molecule has 0 atom stereocenters. The summed E-state index contributed by atoms with van der Waals surface area (Å²) in [5.74, 6) is 0.274. The predicted molar refractivity (Wildman–Crippen MR) is 154 cm³/mol. The molecule has 0 aliphatic carbocycles. The molecule has 0 saturated carbocycles. The summed E-state index contributed by atoms with van der Waals surface area (Å²) in [5, 5.41) is 3.01. The molecule has 0 spiro atoms. The molecule has 0 bridgehead atoms. The number of methoxy groups -OCH3 is 2. The van der Waals surface area contributed by atoms with Gasteiger partial charge in [0.25, 0.3) is 5.91 Å². The lowest BCUT2D eigenvalue weighted by Crippen LogP contribution is -2.21. The molecule has 1 aromatic heterocycles. The fourth-order valence-electron chi connectivity index (χ4n) is 4.04. The van der Waals surface area contributed by atoms with E-state index in [4.69, 9.17) is 35.8 Å². The highest BCUT2D eigenvalue weighted by atomic mass is 35.5. The van der Waals surface area contributed by atoms with Crippen LogP contribution in [0.4, 0.5) is 5.69 Å². The van der Waals surface area contributed by atoms with E-state index in [0.717, 1.165) is 16.9 Å². The van der Waals surface area contributed by atoms with Gasteiger partial charge in [0.15, 0.2) is 6.61 Å². The second-order valence-corrected chi connectivity index (χ2v) is 9.09. The van der Waals surface area contributed by atoms with E-state index >= 15 is 0 Å². The van der Waals surface area contributed by atoms with Crippen LogP contribution in [0.1, 0.15) is 10.4 Å². The quantitative estimate of drug-likeness (QED) is 0.221. The minimum atomic E-state index is -0.664. The number of nitrogens with one attached hydrogen (secondary N) is 1. The fraction of sp³-hybridized carbons (Fsp3) is 0.0968. The zero-order valence-electron chi connectivity index (χ0n) is 21.7. The first-order valence-electron chi connectivity index (χ1n) is 12.3. The maximum atomic E-state index is 12.8. The summed E-state index contributed by atoms with van der Waals surface area (Å²) in [7, 11) is 3.22. The highest BCUT2D eigenvalue weighted by Crippen LogP contribution is 2.33. The van der Waals surface area contributed by atoms with Gasteiger partial charge in [-0.25, -0.2) is 14.8 Å². The van der Waals surface area contributed by atoms with Crippen molar-refractivity contribution in [2.24, 2.45) is 0 Å². The molecule has 5 aromatic rings. The summed E-state index contributed by atoms with van der Waals surface area (Å²) in [6.07, 6.45) is 0. The molecular formula is C31H24ClN3O5. The van der Waals surface area contributed by atoms with Crippen molar-refractivity contribution in [1.82, 2.24) is 9.97 Å². The van der Waals surface area contributed by atoms with Crippen LogP contribution in [0.15, 0.2) is 91.0 Å². The average molecular weight is 554 g/mol. The molecule has 0 fully saturated rings. The Hall–Kier alpha value is -4.95. The normalized spacial score (nSPS) is 10.7. The van der Waals surface area contributed by atoms with Gasteiger partial charge in [-0.2, -0.15) is 0 Å². The summed E-state index contributed by atoms with van der Waals surface area (Å²) in [4.78, 5) is 34.8. The first kappa shape index (κ1) is 26.6. The molecular weight excluding hydrogens is 530 g/mol. The van der Waals surface area contributed by atoms with Gasteiger partial charge < -0.3 is 19.5 Å². The summed E-state index contributed by atoms with van der Waals surface area (Å²) in [5.41, 5.74) is 4.75. The monoisotopic (exact) mass is 553 g/mol. The first-order chi connectivity index (χ1) is 19.4. The number of amides is 1. The van der Waals surface area contributed by atoms with Gasteiger partial charge in [-0.1, -0.05) is 23.7 Å². The summed E-state index contributed by atoms with van der Waals surface area (Å²) < 4.78 is 15.8. The topological polar surface area (TPSA) is 99.6 Å². The SMILES string of the molecule is COc1ccc(-c2nc3ccc(C(=O)OCC(=O)Nc4ccccc4Cl)cc3nc2-c2ccc(OC)cc2)cc1. The Kier molecular flexibility index (Phi) is 7.89.